The van der Waals surface area contributed by atoms with Crippen LogP contribution in [-0.2, 0) is 0 Å². The summed E-state index contributed by atoms with van der Waals surface area (Å²) in [6, 6.07) is 5.81. The van der Waals surface area contributed by atoms with E-state index < -0.39 is 0 Å². The average molecular weight is 229 g/mol. The molecule has 0 amide bonds. The van der Waals surface area contributed by atoms with E-state index in [9.17, 15) is 0 Å². The predicted molar refractivity (Wildman–Crippen MR) is 68.8 cm³/mol. The molecule has 1 aliphatic rings. The molecule has 1 saturated heterocycles. The minimum atomic E-state index is 0.432. The second kappa shape index (κ2) is 4.75. The van der Waals surface area contributed by atoms with E-state index in [-0.39, 0.29) is 0 Å². The van der Waals surface area contributed by atoms with E-state index in [0.717, 1.165) is 18.9 Å². The number of hydrogen-bond acceptors (Lipinski definition) is 3. The molecule has 0 atom stereocenters. The van der Waals surface area contributed by atoms with E-state index in [2.05, 4.69) is 29.8 Å². The maximum Gasteiger partial charge on any atom is 0.129 e. The molecule has 90 valence electrons. The summed E-state index contributed by atoms with van der Waals surface area (Å²) < 4.78 is 0. The van der Waals surface area contributed by atoms with E-state index in [1.54, 1.807) is 12.3 Å². The lowest BCUT2D eigenvalue weighted by Gasteiger charge is -2.24. The van der Waals surface area contributed by atoms with Crippen LogP contribution in [0, 0.1) is 16.7 Å². The number of anilines is 1. The highest BCUT2D eigenvalue weighted by Crippen LogP contribution is 2.31. The SMILES string of the molecule is CC1(C)CCCN(c2cc(C#N)ccn2)CC1. The third-order valence-corrected chi connectivity index (χ3v) is 3.54. The maximum absolute atomic E-state index is 8.90. The number of nitrogens with zero attached hydrogens (tertiary/aromatic N) is 3. The molecule has 0 saturated carbocycles. The van der Waals surface area contributed by atoms with Crippen LogP contribution in [0.1, 0.15) is 38.7 Å². The van der Waals surface area contributed by atoms with Crippen LogP contribution >= 0.6 is 0 Å². The van der Waals surface area contributed by atoms with E-state index in [4.69, 9.17) is 5.26 Å². The van der Waals surface area contributed by atoms with Gasteiger partial charge in [0.05, 0.1) is 11.6 Å². The Hall–Kier alpha value is -1.56. The van der Waals surface area contributed by atoms with Crippen LogP contribution < -0.4 is 4.90 Å². The summed E-state index contributed by atoms with van der Waals surface area (Å²) >= 11 is 0. The van der Waals surface area contributed by atoms with Gasteiger partial charge >= 0.3 is 0 Å². The monoisotopic (exact) mass is 229 g/mol. The lowest BCUT2D eigenvalue weighted by molar-refractivity contribution is 0.325. The summed E-state index contributed by atoms with van der Waals surface area (Å²) in [5.74, 6) is 0.946. The quantitative estimate of drug-likeness (QED) is 0.743. The highest BCUT2D eigenvalue weighted by atomic mass is 15.2. The van der Waals surface area contributed by atoms with Crippen molar-refractivity contribution < 1.29 is 0 Å². The Kier molecular flexibility index (Phi) is 3.33. The van der Waals surface area contributed by atoms with Gasteiger partial charge in [-0.3, -0.25) is 0 Å². The standard InChI is InChI=1S/C14H19N3/c1-14(2)5-3-8-17(9-6-14)13-10-12(11-15)4-7-16-13/h4,7,10H,3,5-6,8-9H2,1-2H3. The molecule has 2 heterocycles. The van der Waals surface area contributed by atoms with Crippen molar-refractivity contribution in [3.05, 3.63) is 23.9 Å². The molecule has 1 aromatic rings. The van der Waals surface area contributed by atoms with Gasteiger partial charge in [0.1, 0.15) is 5.82 Å². The highest BCUT2D eigenvalue weighted by Gasteiger charge is 2.23. The molecule has 0 radical (unpaired) electrons. The summed E-state index contributed by atoms with van der Waals surface area (Å²) in [5.41, 5.74) is 1.13. The Labute approximate surface area is 103 Å². The average Bonchev–Trinajstić information content (AvgIpc) is 2.50. The smallest absolute Gasteiger partial charge is 0.129 e. The van der Waals surface area contributed by atoms with Crippen molar-refractivity contribution in [1.82, 2.24) is 4.98 Å². The summed E-state index contributed by atoms with van der Waals surface area (Å²) in [4.78, 5) is 6.68. The first-order valence-corrected chi connectivity index (χ1v) is 6.22. The zero-order valence-corrected chi connectivity index (χ0v) is 10.6. The van der Waals surface area contributed by atoms with Crippen molar-refractivity contribution in [3.63, 3.8) is 0 Å². The lowest BCUT2D eigenvalue weighted by Crippen LogP contribution is -2.25. The van der Waals surface area contributed by atoms with E-state index in [1.807, 2.05) is 6.07 Å². The normalized spacial score (nSPS) is 19.5. The van der Waals surface area contributed by atoms with Crippen molar-refractivity contribution in [2.75, 3.05) is 18.0 Å². The zero-order valence-electron chi connectivity index (χ0n) is 10.6. The minimum Gasteiger partial charge on any atom is -0.357 e. The molecule has 1 aliphatic heterocycles. The second-order valence-electron chi connectivity index (χ2n) is 5.52. The van der Waals surface area contributed by atoms with E-state index in [0.29, 0.717) is 11.0 Å². The Morgan fingerprint density at radius 2 is 2.18 bits per heavy atom. The van der Waals surface area contributed by atoms with Crippen molar-refractivity contribution in [1.29, 1.82) is 5.26 Å². The fourth-order valence-electron chi connectivity index (χ4n) is 2.31. The first kappa shape index (κ1) is 11.9. The summed E-state index contributed by atoms with van der Waals surface area (Å²) in [7, 11) is 0. The fourth-order valence-corrected chi connectivity index (χ4v) is 2.31. The number of pyridine rings is 1. The molecule has 1 fully saturated rings. The van der Waals surface area contributed by atoms with Gasteiger partial charge in [0.15, 0.2) is 0 Å². The Balaban J connectivity index is 2.14. The number of aromatic nitrogens is 1. The lowest BCUT2D eigenvalue weighted by atomic mass is 9.85. The highest BCUT2D eigenvalue weighted by molar-refractivity contribution is 5.44. The summed E-state index contributed by atoms with van der Waals surface area (Å²) in [6.07, 6.45) is 5.38. The topological polar surface area (TPSA) is 39.9 Å². The van der Waals surface area contributed by atoms with Gasteiger partial charge in [-0.25, -0.2) is 4.98 Å². The molecule has 2 rings (SSSR count). The van der Waals surface area contributed by atoms with Gasteiger partial charge in [0.25, 0.3) is 0 Å². The number of nitriles is 1. The van der Waals surface area contributed by atoms with Crippen molar-refractivity contribution in [2.24, 2.45) is 5.41 Å². The van der Waals surface area contributed by atoms with Gasteiger partial charge in [-0.05, 0) is 36.8 Å². The van der Waals surface area contributed by atoms with Gasteiger partial charge in [-0.1, -0.05) is 13.8 Å². The molecule has 3 heteroatoms. The van der Waals surface area contributed by atoms with Crippen LogP contribution in [0.15, 0.2) is 18.3 Å². The molecule has 1 aromatic heterocycles. The van der Waals surface area contributed by atoms with Gasteiger partial charge in [0, 0.05) is 19.3 Å². The van der Waals surface area contributed by atoms with Crippen molar-refractivity contribution in [2.45, 2.75) is 33.1 Å². The largest absolute Gasteiger partial charge is 0.357 e. The Morgan fingerprint density at radius 3 is 2.94 bits per heavy atom. The summed E-state index contributed by atoms with van der Waals surface area (Å²) in [5, 5.41) is 8.90. The van der Waals surface area contributed by atoms with Crippen molar-refractivity contribution in [3.8, 4) is 6.07 Å². The Bertz CT molecular complexity index is 431. The number of hydrogen-bond donors (Lipinski definition) is 0. The van der Waals surface area contributed by atoms with Gasteiger partial charge < -0.3 is 4.90 Å². The third-order valence-electron chi connectivity index (χ3n) is 3.54. The summed E-state index contributed by atoms with van der Waals surface area (Å²) in [6.45, 7) is 6.74. The van der Waals surface area contributed by atoms with Crippen LogP contribution in [0.4, 0.5) is 5.82 Å². The molecular formula is C14H19N3. The van der Waals surface area contributed by atoms with Gasteiger partial charge in [0.2, 0.25) is 0 Å². The van der Waals surface area contributed by atoms with Gasteiger partial charge in [-0.2, -0.15) is 5.26 Å². The van der Waals surface area contributed by atoms with Crippen LogP contribution in [0.2, 0.25) is 0 Å². The first-order valence-electron chi connectivity index (χ1n) is 6.22. The van der Waals surface area contributed by atoms with E-state index in [1.165, 1.54) is 19.3 Å². The van der Waals surface area contributed by atoms with Crippen LogP contribution in [-0.4, -0.2) is 18.1 Å². The zero-order chi connectivity index (χ0) is 12.3. The second-order valence-corrected chi connectivity index (χ2v) is 5.52. The maximum atomic E-state index is 8.90. The molecule has 0 aromatic carbocycles. The Morgan fingerprint density at radius 1 is 1.35 bits per heavy atom. The molecule has 0 N–H and O–H groups in total. The van der Waals surface area contributed by atoms with Crippen molar-refractivity contribution >= 4 is 5.82 Å². The number of rotatable bonds is 1. The fraction of sp³-hybridized carbons (Fsp3) is 0.571. The molecule has 17 heavy (non-hydrogen) atoms. The van der Waals surface area contributed by atoms with Gasteiger partial charge in [-0.15, -0.1) is 0 Å². The molecule has 0 aliphatic carbocycles. The molecule has 0 spiro atoms. The van der Waals surface area contributed by atoms with E-state index >= 15 is 0 Å². The van der Waals surface area contributed by atoms with Crippen LogP contribution in [0.3, 0.4) is 0 Å². The first-order chi connectivity index (χ1) is 8.11. The molecule has 0 unspecified atom stereocenters. The minimum absolute atomic E-state index is 0.432. The molecule has 0 bridgehead atoms. The molecule has 3 nitrogen and oxygen atoms in total. The molecular weight excluding hydrogens is 210 g/mol. The third kappa shape index (κ3) is 2.97. The van der Waals surface area contributed by atoms with Crippen LogP contribution in [0.25, 0.3) is 0 Å². The van der Waals surface area contributed by atoms with Crippen LogP contribution in [0.5, 0.6) is 0 Å². The predicted octanol–water partition coefficient (Wildman–Crippen LogP) is 2.97.